The first-order chi connectivity index (χ1) is 5.49. The average molecular weight is 177 g/mol. The van der Waals surface area contributed by atoms with Gasteiger partial charge in [-0.15, -0.1) is 10.1 Å². The van der Waals surface area contributed by atoms with Gasteiger partial charge in [0.15, 0.2) is 0 Å². The van der Waals surface area contributed by atoms with Crippen LogP contribution in [0.3, 0.4) is 0 Å². The second-order valence-corrected chi connectivity index (χ2v) is 1.88. The summed E-state index contributed by atoms with van der Waals surface area (Å²) in [4.78, 5) is 34.3. The summed E-state index contributed by atoms with van der Waals surface area (Å²) in [6.07, 6.45) is 0. The van der Waals surface area contributed by atoms with Gasteiger partial charge in [0.25, 0.3) is 0 Å². The summed E-state index contributed by atoms with van der Waals surface area (Å²) in [5.74, 6) is -3.39. The fourth-order valence-corrected chi connectivity index (χ4v) is 0.426. The van der Waals surface area contributed by atoms with E-state index >= 15 is 0 Å². The van der Waals surface area contributed by atoms with Gasteiger partial charge in [-0.05, 0) is 6.92 Å². The third-order valence-electron chi connectivity index (χ3n) is 1.07. The maximum atomic E-state index is 10.6. The standard InChI is InChI=1S/C5H7NO6/c1-3(4(7)11-2)5(8)12-6(9)10/h3H,1-2H3. The van der Waals surface area contributed by atoms with Gasteiger partial charge in [0, 0.05) is 0 Å². The zero-order valence-corrected chi connectivity index (χ0v) is 6.47. The van der Waals surface area contributed by atoms with Crippen LogP contribution in [0.1, 0.15) is 6.92 Å². The molecule has 68 valence electrons. The summed E-state index contributed by atoms with van der Waals surface area (Å²) in [6.45, 7) is 1.15. The van der Waals surface area contributed by atoms with Gasteiger partial charge >= 0.3 is 17.0 Å². The quantitative estimate of drug-likeness (QED) is 0.250. The van der Waals surface area contributed by atoms with Crippen LogP contribution < -0.4 is 0 Å². The molecule has 0 saturated carbocycles. The Kier molecular flexibility index (Phi) is 3.68. The predicted octanol–water partition coefficient (Wildman–Crippen LogP) is -0.470. The fourth-order valence-electron chi connectivity index (χ4n) is 0.426. The molecule has 0 fully saturated rings. The van der Waals surface area contributed by atoms with Crippen molar-refractivity contribution in [1.82, 2.24) is 0 Å². The Morgan fingerprint density at radius 3 is 2.25 bits per heavy atom. The zero-order chi connectivity index (χ0) is 9.72. The Labute approximate surface area is 67.4 Å². The first kappa shape index (κ1) is 10.3. The van der Waals surface area contributed by atoms with Crippen LogP contribution in [-0.4, -0.2) is 24.1 Å². The minimum absolute atomic E-state index is 0.873. The van der Waals surface area contributed by atoms with Crippen molar-refractivity contribution in [3.8, 4) is 0 Å². The van der Waals surface area contributed by atoms with E-state index in [1.807, 2.05) is 0 Å². The van der Waals surface area contributed by atoms with Crippen molar-refractivity contribution in [2.75, 3.05) is 7.11 Å². The maximum Gasteiger partial charge on any atom is 0.318 e. The Hall–Kier alpha value is -1.66. The Bertz CT molecular complexity index is 212. The summed E-state index contributed by atoms with van der Waals surface area (Å²) in [5, 5.41) is 8.36. The summed E-state index contributed by atoms with van der Waals surface area (Å²) in [6, 6.07) is 0. The predicted molar refractivity (Wildman–Crippen MR) is 34.3 cm³/mol. The molecule has 0 heterocycles. The number of rotatable bonds is 3. The number of carbonyl (C=O) groups is 2. The van der Waals surface area contributed by atoms with E-state index in [0.717, 1.165) is 14.0 Å². The minimum atomic E-state index is -1.28. The molecule has 12 heavy (non-hydrogen) atoms. The van der Waals surface area contributed by atoms with Crippen molar-refractivity contribution in [1.29, 1.82) is 0 Å². The van der Waals surface area contributed by atoms with Crippen molar-refractivity contribution in [2.45, 2.75) is 6.92 Å². The molecule has 0 aromatic rings. The second kappa shape index (κ2) is 4.27. The van der Waals surface area contributed by atoms with Crippen LogP contribution >= 0.6 is 0 Å². The average Bonchev–Trinajstić information content (AvgIpc) is 2.00. The van der Waals surface area contributed by atoms with Crippen LogP contribution in [0.2, 0.25) is 0 Å². The van der Waals surface area contributed by atoms with Gasteiger partial charge in [0.2, 0.25) is 0 Å². The van der Waals surface area contributed by atoms with E-state index in [4.69, 9.17) is 0 Å². The van der Waals surface area contributed by atoms with Gasteiger partial charge in [0.1, 0.15) is 5.92 Å². The van der Waals surface area contributed by atoms with Crippen LogP contribution in [0, 0.1) is 16.0 Å². The number of carbonyl (C=O) groups excluding carboxylic acids is 2. The summed E-state index contributed by atoms with van der Waals surface area (Å²) < 4.78 is 4.15. The highest BCUT2D eigenvalue weighted by atomic mass is 17.0. The molecule has 1 unspecified atom stereocenters. The molecule has 7 heteroatoms. The Balaban J connectivity index is 4.10. The molecule has 0 N–H and O–H groups in total. The number of hydrogen-bond donors (Lipinski definition) is 0. The first-order valence-electron chi connectivity index (χ1n) is 2.93. The van der Waals surface area contributed by atoms with E-state index in [0.29, 0.717) is 0 Å². The first-order valence-corrected chi connectivity index (χ1v) is 2.93. The third-order valence-corrected chi connectivity index (χ3v) is 1.07. The molecule has 0 aromatic heterocycles. The number of hydrogen-bond acceptors (Lipinski definition) is 6. The van der Waals surface area contributed by atoms with E-state index < -0.39 is 22.9 Å². The molecule has 0 aromatic carbocycles. The van der Waals surface area contributed by atoms with E-state index in [2.05, 4.69) is 9.57 Å². The monoisotopic (exact) mass is 177 g/mol. The van der Waals surface area contributed by atoms with Crippen LogP contribution in [0.25, 0.3) is 0 Å². The lowest BCUT2D eigenvalue weighted by Crippen LogP contribution is -2.26. The molecule has 0 aliphatic carbocycles. The van der Waals surface area contributed by atoms with Crippen LogP contribution in [0.15, 0.2) is 0 Å². The molecule has 0 saturated heterocycles. The molecule has 7 nitrogen and oxygen atoms in total. The van der Waals surface area contributed by atoms with E-state index in [-0.39, 0.29) is 0 Å². The molecule has 1 atom stereocenters. The summed E-state index contributed by atoms with van der Waals surface area (Å²) in [7, 11) is 1.07. The molecule has 0 aliphatic heterocycles. The summed E-state index contributed by atoms with van der Waals surface area (Å²) in [5.41, 5.74) is 0. The highest BCUT2D eigenvalue weighted by Gasteiger charge is 2.25. The molecular formula is C5H7NO6. The van der Waals surface area contributed by atoms with Gasteiger partial charge in [-0.1, -0.05) is 0 Å². The van der Waals surface area contributed by atoms with E-state index in [9.17, 15) is 19.7 Å². The van der Waals surface area contributed by atoms with Gasteiger partial charge in [-0.3, -0.25) is 9.59 Å². The lowest BCUT2D eigenvalue weighted by atomic mass is 10.2. The largest absolute Gasteiger partial charge is 0.468 e. The van der Waals surface area contributed by atoms with Crippen molar-refractivity contribution in [3.63, 3.8) is 0 Å². The van der Waals surface area contributed by atoms with Gasteiger partial charge < -0.3 is 4.74 Å². The van der Waals surface area contributed by atoms with Crippen LogP contribution in [-0.2, 0) is 19.2 Å². The van der Waals surface area contributed by atoms with E-state index in [1.165, 1.54) is 0 Å². The highest BCUT2D eigenvalue weighted by Crippen LogP contribution is 2.00. The van der Waals surface area contributed by atoms with E-state index in [1.54, 1.807) is 0 Å². The molecular weight excluding hydrogens is 170 g/mol. The maximum absolute atomic E-state index is 10.6. The van der Waals surface area contributed by atoms with Crippen molar-refractivity contribution < 1.29 is 24.3 Å². The van der Waals surface area contributed by atoms with Crippen molar-refractivity contribution >= 4 is 11.9 Å². The van der Waals surface area contributed by atoms with Crippen LogP contribution in [0.4, 0.5) is 0 Å². The van der Waals surface area contributed by atoms with Crippen molar-refractivity contribution in [2.24, 2.45) is 5.92 Å². The molecule has 0 radical (unpaired) electrons. The Morgan fingerprint density at radius 2 is 1.92 bits per heavy atom. The molecule has 0 rings (SSSR count). The lowest BCUT2D eigenvalue weighted by molar-refractivity contribution is -0.730. The highest BCUT2D eigenvalue weighted by molar-refractivity contribution is 5.94. The molecule has 0 amide bonds. The molecule has 0 aliphatic rings. The topological polar surface area (TPSA) is 95.7 Å². The number of methoxy groups -OCH3 is 1. The second-order valence-electron chi connectivity index (χ2n) is 1.88. The van der Waals surface area contributed by atoms with Gasteiger partial charge in [-0.2, -0.15) is 0 Å². The molecule has 0 spiro atoms. The third kappa shape index (κ3) is 2.95. The smallest absolute Gasteiger partial charge is 0.318 e. The molecule has 0 bridgehead atoms. The normalized spacial score (nSPS) is 11.5. The van der Waals surface area contributed by atoms with Gasteiger partial charge in [-0.25, -0.2) is 4.84 Å². The van der Waals surface area contributed by atoms with Crippen molar-refractivity contribution in [3.05, 3.63) is 10.1 Å². The number of esters is 1. The Morgan fingerprint density at radius 1 is 1.42 bits per heavy atom. The lowest BCUT2D eigenvalue weighted by Gasteiger charge is -2.04. The minimum Gasteiger partial charge on any atom is -0.468 e. The SMILES string of the molecule is COC(=O)C(C)C(=O)O[N+](=O)[O-]. The van der Waals surface area contributed by atoms with Gasteiger partial charge in [0.05, 0.1) is 7.11 Å². The summed E-state index contributed by atoms with van der Waals surface area (Å²) >= 11 is 0. The zero-order valence-electron chi connectivity index (χ0n) is 6.47. The number of ether oxygens (including phenoxy) is 1. The van der Waals surface area contributed by atoms with Crippen LogP contribution in [0.5, 0.6) is 0 Å². The fraction of sp³-hybridized carbons (Fsp3) is 0.600. The number of nitrogens with zero attached hydrogens (tertiary/aromatic N) is 1.